The second-order valence-corrected chi connectivity index (χ2v) is 8.40. The summed E-state index contributed by atoms with van der Waals surface area (Å²) in [7, 11) is 0. The summed E-state index contributed by atoms with van der Waals surface area (Å²) in [5, 5.41) is 5.80. The molecule has 5 aromatic rings. The summed E-state index contributed by atoms with van der Waals surface area (Å²) in [6, 6.07) is 33.5. The summed E-state index contributed by atoms with van der Waals surface area (Å²) in [5.41, 5.74) is 5.66. The van der Waals surface area contributed by atoms with Crippen molar-refractivity contribution in [3.05, 3.63) is 115 Å². The fourth-order valence-electron chi connectivity index (χ4n) is 4.31. The lowest BCUT2D eigenvalue weighted by molar-refractivity contribution is 0.262. The second-order valence-electron chi connectivity index (χ2n) is 8.40. The zero-order valence-corrected chi connectivity index (χ0v) is 20.1. The van der Waals surface area contributed by atoms with Gasteiger partial charge in [0.25, 0.3) is 0 Å². The third-order valence-corrected chi connectivity index (χ3v) is 5.90. The highest BCUT2D eigenvalue weighted by atomic mass is 16.5. The molecule has 6 heteroatoms. The largest absolute Gasteiger partial charge is 0.492 e. The molecule has 4 aromatic carbocycles. The lowest BCUT2D eigenvalue weighted by Gasteiger charge is -2.13. The first-order valence-electron chi connectivity index (χ1n) is 12.1. The van der Waals surface area contributed by atoms with Crippen LogP contribution in [0.25, 0.3) is 16.7 Å². The molecule has 0 aliphatic carbocycles. The van der Waals surface area contributed by atoms with Crippen LogP contribution in [-0.4, -0.2) is 22.2 Å². The molecule has 36 heavy (non-hydrogen) atoms. The van der Waals surface area contributed by atoms with Gasteiger partial charge in [0.05, 0.1) is 23.3 Å². The van der Waals surface area contributed by atoms with Gasteiger partial charge >= 0.3 is 6.03 Å². The van der Waals surface area contributed by atoms with E-state index in [9.17, 15) is 4.79 Å². The molecule has 0 unspecified atom stereocenters. The molecule has 5 rings (SSSR count). The van der Waals surface area contributed by atoms with Crippen molar-refractivity contribution in [2.24, 2.45) is 0 Å². The smallest absolute Gasteiger partial charge is 0.323 e. The van der Waals surface area contributed by atoms with E-state index in [1.54, 1.807) is 0 Å². The minimum atomic E-state index is -0.315. The predicted molar refractivity (Wildman–Crippen MR) is 145 cm³/mol. The minimum absolute atomic E-state index is 0.315. The van der Waals surface area contributed by atoms with Gasteiger partial charge < -0.3 is 15.4 Å². The average Bonchev–Trinajstić information content (AvgIpc) is 3.28. The number of para-hydroxylation sites is 5. The number of hydrogen-bond donors (Lipinski definition) is 2. The first-order valence-corrected chi connectivity index (χ1v) is 12.1. The minimum Gasteiger partial charge on any atom is -0.492 e. The molecule has 180 valence electrons. The number of ether oxygens (including phenoxy) is 1. The Kier molecular flexibility index (Phi) is 6.94. The quantitative estimate of drug-likeness (QED) is 0.257. The number of nitrogens with zero attached hydrogens (tertiary/aromatic N) is 2. The molecule has 0 aliphatic rings. The van der Waals surface area contributed by atoms with Gasteiger partial charge in [-0.3, -0.25) is 4.57 Å². The monoisotopic (exact) mass is 476 g/mol. The number of imidazole rings is 1. The molecular weight excluding hydrogens is 448 g/mol. The van der Waals surface area contributed by atoms with Crippen molar-refractivity contribution in [2.45, 2.75) is 19.8 Å². The zero-order chi connectivity index (χ0) is 24.7. The third kappa shape index (κ3) is 5.23. The summed E-state index contributed by atoms with van der Waals surface area (Å²) in [6.07, 6.45) is 1.56. The van der Waals surface area contributed by atoms with E-state index in [0.29, 0.717) is 18.0 Å². The number of carbonyl (C=O) groups is 1. The summed E-state index contributed by atoms with van der Waals surface area (Å²) in [5.74, 6) is 1.65. The maximum atomic E-state index is 12.6. The molecule has 2 N–H and O–H groups in total. The second kappa shape index (κ2) is 10.8. The summed E-state index contributed by atoms with van der Waals surface area (Å²) in [6.45, 7) is 2.44. The number of benzene rings is 4. The van der Waals surface area contributed by atoms with Gasteiger partial charge in [0, 0.05) is 17.8 Å². The standard InChI is InChI=1S/C30H28N4O2/c1-2-36-28-18-9-7-16-26(28)33-30(35)31-23-12-10-11-22(21-23)19-20-29-32-25-15-6-8-17-27(25)34(29)24-13-4-3-5-14-24/h3-18,21H,2,19-20H2,1H3,(H2,31,33,35). The van der Waals surface area contributed by atoms with Gasteiger partial charge in [-0.25, -0.2) is 9.78 Å². The van der Waals surface area contributed by atoms with Gasteiger partial charge in [-0.15, -0.1) is 0 Å². The summed E-state index contributed by atoms with van der Waals surface area (Å²) in [4.78, 5) is 17.6. The number of nitrogens with one attached hydrogen (secondary N) is 2. The highest BCUT2D eigenvalue weighted by Crippen LogP contribution is 2.25. The van der Waals surface area contributed by atoms with Crippen LogP contribution >= 0.6 is 0 Å². The average molecular weight is 477 g/mol. The van der Waals surface area contributed by atoms with Crippen molar-refractivity contribution in [2.75, 3.05) is 17.2 Å². The number of rotatable bonds is 8. The molecule has 0 saturated carbocycles. The third-order valence-electron chi connectivity index (χ3n) is 5.90. The Morgan fingerprint density at radius 2 is 1.61 bits per heavy atom. The number of urea groups is 1. The Bertz CT molecular complexity index is 1480. The maximum absolute atomic E-state index is 12.6. The van der Waals surface area contributed by atoms with E-state index in [0.717, 1.165) is 46.6 Å². The molecule has 0 saturated heterocycles. The van der Waals surface area contributed by atoms with E-state index >= 15 is 0 Å². The topological polar surface area (TPSA) is 68.2 Å². The van der Waals surface area contributed by atoms with Crippen LogP contribution in [0.4, 0.5) is 16.2 Å². The molecule has 0 atom stereocenters. The Balaban J connectivity index is 1.30. The van der Waals surface area contributed by atoms with Gasteiger partial charge in [0.15, 0.2) is 0 Å². The van der Waals surface area contributed by atoms with Gasteiger partial charge in [0.2, 0.25) is 0 Å². The number of fused-ring (bicyclic) bond motifs is 1. The lowest BCUT2D eigenvalue weighted by Crippen LogP contribution is -2.20. The molecule has 0 spiro atoms. The van der Waals surface area contributed by atoms with E-state index < -0.39 is 0 Å². The van der Waals surface area contributed by atoms with Crippen molar-refractivity contribution >= 4 is 28.4 Å². The van der Waals surface area contributed by atoms with Gasteiger partial charge in [0.1, 0.15) is 11.6 Å². The summed E-state index contributed by atoms with van der Waals surface area (Å²) >= 11 is 0. The number of anilines is 2. The fraction of sp³-hybridized carbons (Fsp3) is 0.133. The van der Waals surface area contributed by atoms with Crippen LogP contribution < -0.4 is 15.4 Å². The first kappa shape index (κ1) is 23.2. The van der Waals surface area contributed by atoms with Crippen LogP contribution in [0.15, 0.2) is 103 Å². The van der Waals surface area contributed by atoms with E-state index in [1.165, 1.54) is 0 Å². The van der Waals surface area contributed by atoms with Gasteiger partial charge in [-0.2, -0.15) is 0 Å². The van der Waals surface area contributed by atoms with Gasteiger partial charge in [-0.05, 0) is 67.4 Å². The fourth-order valence-corrected chi connectivity index (χ4v) is 4.31. The van der Waals surface area contributed by atoms with Crippen molar-refractivity contribution in [3.8, 4) is 11.4 Å². The molecule has 6 nitrogen and oxygen atoms in total. The summed E-state index contributed by atoms with van der Waals surface area (Å²) < 4.78 is 7.82. The van der Waals surface area contributed by atoms with Crippen molar-refractivity contribution in [1.29, 1.82) is 0 Å². The normalized spacial score (nSPS) is 10.8. The highest BCUT2D eigenvalue weighted by molar-refractivity contribution is 6.00. The van der Waals surface area contributed by atoms with Gasteiger partial charge in [-0.1, -0.05) is 54.6 Å². The van der Waals surface area contributed by atoms with Crippen LogP contribution in [-0.2, 0) is 12.8 Å². The van der Waals surface area contributed by atoms with Crippen LogP contribution in [0.1, 0.15) is 18.3 Å². The van der Waals surface area contributed by atoms with E-state index in [2.05, 4.69) is 39.5 Å². The van der Waals surface area contributed by atoms with Crippen LogP contribution in [0, 0.1) is 0 Å². The molecular formula is C30H28N4O2. The number of hydrogen-bond acceptors (Lipinski definition) is 3. The number of carbonyl (C=O) groups excluding carboxylic acids is 1. The molecule has 1 heterocycles. The van der Waals surface area contributed by atoms with Crippen LogP contribution in [0.2, 0.25) is 0 Å². The van der Waals surface area contributed by atoms with E-state index in [-0.39, 0.29) is 6.03 Å². The van der Waals surface area contributed by atoms with Crippen molar-refractivity contribution < 1.29 is 9.53 Å². The molecule has 0 aliphatic heterocycles. The van der Waals surface area contributed by atoms with E-state index in [4.69, 9.17) is 9.72 Å². The highest BCUT2D eigenvalue weighted by Gasteiger charge is 2.13. The van der Waals surface area contributed by atoms with Crippen molar-refractivity contribution in [3.63, 3.8) is 0 Å². The Labute approximate surface area is 210 Å². The Morgan fingerprint density at radius 3 is 2.47 bits per heavy atom. The number of amides is 2. The van der Waals surface area contributed by atoms with Crippen LogP contribution in [0.5, 0.6) is 5.75 Å². The Hall–Kier alpha value is -4.58. The number of aryl methyl sites for hydroxylation is 2. The SMILES string of the molecule is CCOc1ccccc1NC(=O)Nc1cccc(CCc2nc3ccccc3n2-c2ccccc2)c1. The van der Waals surface area contributed by atoms with Crippen molar-refractivity contribution in [1.82, 2.24) is 9.55 Å². The van der Waals surface area contributed by atoms with Crippen LogP contribution in [0.3, 0.4) is 0 Å². The first-order chi connectivity index (χ1) is 17.7. The molecule has 1 aromatic heterocycles. The number of aromatic nitrogens is 2. The Morgan fingerprint density at radius 1 is 0.833 bits per heavy atom. The lowest BCUT2D eigenvalue weighted by atomic mass is 10.1. The van der Waals surface area contributed by atoms with E-state index in [1.807, 2.05) is 85.8 Å². The molecule has 0 radical (unpaired) electrons. The molecule has 2 amide bonds. The predicted octanol–water partition coefficient (Wildman–Crippen LogP) is 6.85. The molecule has 0 bridgehead atoms. The molecule has 0 fully saturated rings. The zero-order valence-electron chi connectivity index (χ0n) is 20.1. The maximum Gasteiger partial charge on any atom is 0.323 e.